The highest BCUT2D eigenvalue weighted by Crippen LogP contribution is 2.07. The van der Waals surface area contributed by atoms with Gasteiger partial charge in [-0.15, -0.1) is 0 Å². The number of aliphatic hydroxyl groups excluding tert-OH is 10. The molecule has 0 aliphatic carbocycles. The fraction of sp³-hybridized carbons (Fsp3) is 0.640. The summed E-state index contributed by atoms with van der Waals surface area (Å²) in [6.07, 6.45) is -16.5. The standard InChI is InChI=1S/C25H41N3O14/c29-10-17(33)22(38)20(36)15(31)8-26-19(35)7-6-14(28-25(41)42-12-13-4-2-1-3-5-13)24(40)27-9-16(32)21(37)23(39)18(34)11-30/h1-5,14-18,20-23,29-34,36-39H,6-12H2,(H,26,35)(H,27,40)(H,28,41)/t14-,15-,16-,17+,18+,20+,21+,22+,23+/m0/s1. The Morgan fingerprint density at radius 2 is 1.17 bits per heavy atom. The molecule has 9 atom stereocenters. The highest BCUT2D eigenvalue weighted by Gasteiger charge is 2.32. The first-order valence-corrected chi connectivity index (χ1v) is 13.0. The zero-order valence-corrected chi connectivity index (χ0v) is 22.6. The number of nitrogens with one attached hydrogen (secondary N) is 3. The molecular weight excluding hydrogens is 566 g/mol. The van der Waals surface area contributed by atoms with Crippen molar-refractivity contribution in [2.75, 3.05) is 26.3 Å². The molecule has 1 rings (SSSR count). The molecule has 17 nitrogen and oxygen atoms in total. The number of rotatable bonds is 19. The number of amides is 3. The predicted molar refractivity (Wildman–Crippen MR) is 141 cm³/mol. The summed E-state index contributed by atoms with van der Waals surface area (Å²) in [5.74, 6) is -1.69. The maximum Gasteiger partial charge on any atom is 0.408 e. The molecule has 0 heterocycles. The molecule has 240 valence electrons. The van der Waals surface area contributed by atoms with E-state index in [1.165, 1.54) is 0 Å². The molecule has 0 aliphatic heterocycles. The monoisotopic (exact) mass is 607 g/mol. The third-order valence-electron chi connectivity index (χ3n) is 6.13. The highest BCUT2D eigenvalue weighted by atomic mass is 16.5. The maximum atomic E-state index is 12.8. The van der Waals surface area contributed by atoms with E-state index in [4.69, 9.17) is 14.9 Å². The zero-order chi connectivity index (χ0) is 31.8. The molecule has 0 aromatic heterocycles. The molecular formula is C25H41N3O14. The van der Waals surface area contributed by atoms with Crippen molar-refractivity contribution in [2.24, 2.45) is 0 Å². The highest BCUT2D eigenvalue weighted by molar-refractivity contribution is 5.86. The lowest BCUT2D eigenvalue weighted by molar-refractivity contribution is -0.128. The van der Waals surface area contributed by atoms with Crippen molar-refractivity contribution in [2.45, 2.75) is 74.3 Å². The summed E-state index contributed by atoms with van der Waals surface area (Å²) in [7, 11) is 0. The van der Waals surface area contributed by atoms with Crippen LogP contribution in [0.2, 0.25) is 0 Å². The lowest BCUT2D eigenvalue weighted by Crippen LogP contribution is -2.53. The molecule has 0 unspecified atom stereocenters. The molecule has 0 saturated carbocycles. The van der Waals surface area contributed by atoms with E-state index in [1.54, 1.807) is 30.3 Å². The zero-order valence-electron chi connectivity index (χ0n) is 22.6. The molecule has 17 heteroatoms. The van der Waals surface area contributed by atoms with Crippen LogP contribution in [0.3, 0.4) is 0 Å². The number of ether oxygens (including phenoxy) is 1. The van der Waals surface area contributed by atoms with Gasteiger partial charge in [0.2, 0.25) is 11.8 Å². The average molecular weight is 608 g/mol. The van der Waals surface area contributed by atoms with Crippen molar-refractivity contribution < 1.29 is 70.2 Å². The van der Waals surface area contributed by atoms with Gasteiger partial charge in [-0.2, -0.15) is 0 Å². The van der Waals surface area contributed by atoms with Crippen LogP contribution in [0.15, 0.2) is 30.3 Å². The molecule has 0 saturated heterocycles. The molecule has 0 fully saturated rings. The van der Waals surface area contributed by atoms with E-state index in [0.29, 0.717) is 5.56 Å². The molecule has 0 aliphatic rings. The van der Waals surface area contributed by atoms with Crippen molar-refractivity contribution in [3.63, 3.8) is 0 Å². The summed E-state index contributed by atoms with van der Waals surface area (Å²) >= 11 is 0. The van der Waals surface area contributed by atoms with Gasteiger partial charge in [0.05, 0.1) is 25.4 Å². The van der Waals surface area contributed by atoms with Crippen molar-refractivity contribution in [3.05, 3.63) is 35.9 Å². The van der Waals surface area contributed by atoms with Gasteiger partial charge >= 0.3 is 6.09 Å². The second kappa shape index (κ2) is 19.3. The van der Waals surface area contributed by atoms with Crippen LogP contribution in [0.25, 0.3) is 0 Å². The summed E-state index contributed by atoms with van der Waals surface area (Å²) in [6, 6.07) is 7.13. The third kappa shape index (κ3) is 12.9. The number of hydrogen-bond donors (Lipinski definition) is 13. The number of benzene rings is 1. The minimum Gasteiger partial charge on any atom is -0.445 e. The van der Waals surface area contributed by atoms with E-state index in [-0.39, 0.29) is 13.0 Å². The SMILES string of the molecule is O=C(CC[C@H](NC(=O)OCc1ccccc1)C(=O)NC[C@H](O)[C@@H](O)[C@H](O)[C@H](O)CO)NC[C@H](O)[C@@H](O)[C@H](O)[C@H](O)CO. The molecule has 3 amide bonds. The molecule has 1 aromatic rings. The number of carbonyl (C=O) groups excluding carboxylic acids is 3. The summed E-state index contributed by atoms with van der Waals surface area (Å²) in [5.41, 5.74) is 0.645. The molecule has 1 aromatic carbocycles. The fourth-order valence-electron chi connectivity index (χ4n) is 3.45. The summed E-state index contributed by atoms with van der Waals surface area (Å²) in [4.78, 5) is 37.4. The Morgan fingerprint density at radius 1 is 0.690 bits per heavy atom. The average Bonchev–Trinajstić information content (AvgIpc) is 3.01. The Labute approximate surface area is 241 Å². The lowest BCUT2D eigenvalue weighted by Gasteiger charge is -2.26. The van der Waals surface area contributed by atoms with Gasteiger partial charge in [-0.25, -0.2) is 4.79 Å². The largest absolute Gasteiger partial charge is 0.445 e. The number of aliphatic hydroxyl groups is 10. The van der Waals surface area contributed by atoms with Gasteiger partial charge in [-0.05, 0) is 12.0 Å². The quantitative estimate of drug-likeness (QED) is 0.0697. The van der Waals surface area contributed by atoms with Crippen LogP contribution < -0.4 is 16.0 Å². The van der Waals surface area contributed by atoms with E-state index in [1.807, 2.05) is 0 Å². The smallest absolute Gasteiger partial charge is 0.408 e. The topological polar surface area (TPSA) is 299 Å². The minimum atomic E-state index is -1.96. The van der Waals surface area contributed by atoms with Crippen molar-refractivity contribution in [1.82, 2.24) is 16.0 Å². The minimum absolute atomic E-state index is 0.144. The van der Waals surface area contributed by atoms with Crippen LogP contribution in [0.5, 0.6) is 0 Å². The van der Waals surface area contributed by atoms with E-state index in [2.05, 4.69) is 16.0 Å². The van der Waals surface area contributed by atoms with Crippen LogP contribution in [-0.2, 0) is 20.9 Å². The van der Waals surface area contributed by atoms with Crippen LogP contribution in [0.4, 0.5) is 4.79 Å². The van der Waals surface area contributed by atoms with E-state index < -0.39 is 106 Å². The second-order valence-electron chi connectivity index (χ2n) is 9.44. The van der Waals surface area contributed by atoms with Crippen LogP contribution in [0, 0.1) is 0 Å². The number of hydrogen-bond acceptors (Lipinski definition) is 14. The van der Waals surface area contributed by atoms with Gasteiger partial charge in [-0.1, -0.05) is 30.3 Å². The lowest BCUT2D eigenvalue weighted by atomic mass is 10.0. The second-order valence-corrected chi connectivity index (χ2v) is 9.44. The fourth-order valence-corrected chi connectivity index (χ4v) is 3.45. The molecule has 0 spiro atoms. The number of carbonyl (C=O) groups is 3. The first-order chi connectivity index (χ1) is 19.8. The molecule has 0 bridgehead atoms. The van der Waals surface area contributed by atoms with Gasteiger partial charge < -0.3 is 71.8 Å². The Balaban J connectivity index is 2.76. The first-order valence-electron chi connectivity index (χ1n) is 13.0. The summed E-state index contributed by atoms with van der Waals surface area (Å²) in [6.45, 7) is -3.18. The van der Waals surface area contributed by atoms with Crippen molar-refractivity contribution in [1.29, 1.82) is 0 Å². The summed E-state index contributed by atoms with van der Waals surface area (Å²) in [5, 5.41) is 102. The van der Waals surface area contributed by atoms with E-state index in [9.17, 15) is 55.2 Å². The van der Waals surface area contributed by atoms with Gasteiger partial charge in [0.1, 0.15) is 49.3 Å². The van der Waals surface area contributed by atoms with Crippen LogP contribution >= 0.6 is 0 Å². The predicted octanol–water partition coefficient (Wildman–Crippen LogP) is -5.83. The van der Waals surface area contributed by atoms with Gasteiger partial charge in [0.15, 0.2) is 0 Å². The summed E-state index contributed by atoms with van der Waals surface area (Å²) < 4.78 is 5.08. The molecule has 42 heavy (non-hydrogen) atoms. The first kappa shape index (κ1) is 37.1. The maximum absolute atomic E-state index is 12.8. The Morgan fingerprint density at radius 3 is 1.67 bits per heavy atom. The van der Waals surface area contributed by atoms with Crippen LogP contribution in [-0.4, -0.2) is 150 Å². The molecule has 0 radical (unpaired) electrons. The number of alkyl carbamates (subject to hydrolysis) is 1. The van der Waals surface area contributed by atoms with Crippen molar-refractivity contribution in [3.8, 4) is 0 Å². The third-order valence-corrected chi connectivity index (χ3v) is 6.13. The Bertz CT molecular complexity index is 942. The Hall–Kier alpha value is -2.97. The van der Waals surface area contributed by atoms with Gasteiger partial charge in [0, 0.05) is 19.5 Å². The van der Waals surface area contributed by atoms with Gasteiger partial charge in [0.25, 0.3) is 0 Å². The van der Waals surface area contributed by atoms with Crippen LogP contribution in [0.1, 0.15) is 18.4 Å². The van der Waals surface area contributed by atoms with E-state index >= 15 is 0 Å². The van der Waals surface area contributed by atoms with Gasteiger partial charge in [-0.3, -0.25) is 9.59 Å². The van der Waals surface area contributed by atoms with E-state index in [0.717, 1.165) is 0 Å². The van der Waals surface area contributed by atoms with Crippen molar-refractivity contribution >= 4 is 17.9 Å². The Kier molecular flexibility index (Phi) is 17.0. The normalized spacial score (nSPS) is 17.9. The molecule has 13 N–H and O–H groups in total.